The molecule has 3 nitrogen and oxygen atoms in total. The predicted octanol–water partition coefficient (Wildman–Crippen LogP) is 5.57. The average Bonchev–Trinajstić information content (AvgIpc) is 2.52. The van der Waals surface area contributed by atoms with Gasteiger partial charge in [0, 0.05) is 11.1 Å². The Morgan fingerprint density at radius 1 is 1.00 bits per heavy atom. The number of rotatable bonds is 6. The lowest BCUT2D eigenvalue weighted by molar-refractivity contribution is -0.115. The Kier molecular flexibility index (Phi) is 6.93. The van der Waals surface area contributed by atoms with Crippen molar-refractivity contribution in [3.63, 3.8) is 0 Å². The van der Waals surface area contributed by atoms with E-state index in [4.69, 9.17) is 34.8 Å². The van der Waals surface area contributed by atoms with Gasteiger partial charge in [0.2, 0.25) is 5.91 Å². The van der Waals surface area contributed by atoms with E-state index in [-0.39, 0.29) is 18.5 Å². The average molecular weight is 386 g/mol. The molecular formula is C18H19Cl3N2O. The van der Waals surface area contributed by atoms with E-state index in [1.807, 2.05) is 24.3 Å². The van der Waals surface area contributed by atoms with Crippen LogP contribution in [0.2, 0.25) is 15.1 Å². The first-order valence-corrected chi connectivity index (χ1v) is 8.74. The molecular weight excluding hydrogens is 367 g/mol. The molecule has 0 bridgehead atoms. The molecule has 0 aliphatic carbocycles. The van der Waals surface area contributed by atoms with Crippen molar-refractivity contribution in [2.24, 2.45) is 5.92 Å². The van der Waals surface area contributed by atoms with E-state index >= 15 is 0 Å². The van der Waals surface area contributed by atoms with Crippen LogP contribution in [0.3, 0.4) is 0 Å². The van der Waals surface area contributed by atoms with Crippen molar-refractivity contribution >= 4 is 46.4 Å². The van der Waals surface area contributed by atoms with Crippen LogP contribution in [0.1, 0.15) is 25.5 Å². The topological polar surface area (TPSA) is 41.1 Å². The molecule has 2 aromatic rings. The van der Waals surface area contributed by atoms with Gasteiger partial charge in [0.1, 0.15) is 0 Å². The maximum Gasteiger partial charge on any atom is 0.238 e. The Morgan fingerprint density at radius 2 is 1.58 bits per heavy atom. The van der Waals surface area contributed by atoms with Crippen molar-refractivity contribution in [3.8, 4) is 0 Å². The first-order chi connectivity index (χ1) is 11.4. The minimum atomic E-state index is -0.204. The van der Waals surface area contributed by atoms with Gasteiger partial charge < -0.3 is 10.6 Å². The van der Waals surface area contributed by atoms with E-state index in [0.29, 0.717) is 26.7 Å². The predicted molar refractivity (Wildman–Crippen MR) is 102 cm³/mol. The summed E-state index contributed by atoms with van der Waals surface area (Å²) in [5.41, 5.74) is 1.51. The van der Waals surface area contributed by atoms with Crippen LogP contribution < -0.4 is 10.6 Å². The molecule has 0 aromatic heterocycles. The third-order valence-corrected chi connectivity index (χ3v) is 4.49. The van der Waals surface area contributed by atoms with Gasteiger partial charge >= 0.3 is 0 Å². The van der Waals surface area contributed by atoms with Gasteiger partial charge in [-0.3, -0.25) is 4.79 Å². The Bertz CT molecular complexity index is 682. The minimum Gasteiger partial charge on any atom is -0.322 e. The molecule has 0 aliphatic heterocycles. The van der Waals surface area contributed by atoms with Gasteiger partial charge in [0.25, 0.3) is 0 Å². The lowest BCUT2D eigenvalue weighted by atomic mass is 9.96. The molecule has 0 aliphatic rings. The number of anilines is 1. The van der Waals surface area contributed by atoms with Crippen molar-refractivity contribution < 1.29 is 4.79 Å². The van der Waals surface area contributed by atoms with Crippen molar-refractivity contribution in [3.05, 3.63) is 63.1 Å². The zero-order chi connectivity index (χ0) is 17.7. The van der Waals surface area contributed by atoms with Gasteiger partial charge in [-0.2, -0.15) is 0 Å². The molecule has 24 heavy (non-hydrogen) atoms. The van der Waals surface area contributed by atoms with Crippen LogP contribution in [-0.4, -0.2) is 12.5 Å². The molecule has 0 saturated carbocycles. The Hall–Kier alpha value is -1.26. The van der Waals surface area contributed by atoms with Gasteiger partial charge in [-0.1, -0.05) is 66.8 Å². The van der Waals surface area contributed by atoms with E-state index in [2.05, 4.69) is 24.5 Å². The van der Waals surface area contributed by atoms with Crippen molar-refractivity contribution in [2.75, 3.05) is 11.9 Å². The highest BCUT2D eigenvalue weighted by atomic mass is 35.5. The normalized spacial score (nSPS) is 12.2. The van der Waals surface area contributed by atoms with Crippen LogP contribution in [0, 0.1) is 5.92 Å². The second-order valence-electron chi connectivity index (χ2n) is 5.80. The smallest absolute Gasteiger partial charge is 0.238 e. The Morgan fingerprint density at radius 3 is 2.12 bits per heavy atom. The molecule has 0 heterocycles. The molecule has 1 atom stereocenters. The van der Waals surface area contributed by atoms with Crippen LogP contribution in [-0.2, 0) is 4.79 Å². The Labute approximate surface area is 157 Å². The zero-order valence-corrected chi connectivity index (χ0v) is 15.7. The second kappa shape index (κ2) is 8.72. The second-order valence-corrected chi connectivity index (χ2v) is 7.05. The molecule has 0 fully saturated rings. The number of para-hydroxylation sites is 1. The third-order valence-electron chi connectivity index (χ3n) is 3.61. The van der Waals surface area contributed by atoms with Crippen molar-refractivity contribution in [1.82, 2.24) is 5.32 Å². The van der Waals surface area contributed by atoms with Gasteiger partial charge in [0.05, 0.1) is 22.3 Å². The number of hydrogen-bond acceptors (Lipinski definition) is 2. The highest BCUT2D eigenvalue weighted by Crippen LogP contribution is 2.29. The molecule has 1 unspecified atom stereocenters. The number of carbonyl (C=O) groups is 1. The number of carbonyl (C=O) groups excluding carboxylic acids is 1. The van der Waals surface area contributed by atoms with E-state index in [9.17, 15) is 4.79 Å². The van der Waals surface area contributed by atoms with E-state index in [1.54, 1.807) is 18.2 Å². The van der Waals surface area contributed by atoms with Gasteiger partial charge in [-0.05, 0) is 35.7 Å². The van der Waals surface area contributed by atoms with Gasteiger partial charge in [-0.15, -0.1) is 0 Å². The molecule has 0 spiro atoms. The molecule has 1 amide bonds. The van der Waals surface area contributed by atoms with Gasteiger partial charge in [-0.25, -0.2) is 0 Å². The van der Waals surface area contributed by atoms with Crippen LogP contribution in [0.25, 0.3) is 0 Å². The van der Waals surface area contributed by atoms with Gasteiger partial charge in [0.15, 0.2) is 0 Å². The summed E-state index contributed by atoms with van der Waals surface area (Å²) in [6, 6.07) is 12.7. The summed E-state index contributed by atoms with van der Waals surface area (Å²) in [5, 5.41) is 7.53. The molecule has 0 radical (unpaired) electrons. The Balaban J connectivity index is 2.01. The standard InChI is InChI=1S/C18H19Cl3N2O/c1-11(2)17(12-6-8-13(19)9-7-12)22-10-16(24)23-18-14(20)4-3-5-15(18)21/h3-9,11,17,22H,10H2,1-2H3,(H,23,24). The fourth-order valence-electron chi connectivity index (χ4n) is 2.41. The maximum atomic E-state index is 12.2. The van der Waals surface area contributed by atoms with Crippen LogP contribution in [0.15, 0.2) is 42.5 Å². The highest BCUT2D eigenvalue weighted by Gasteiger charge is 2.17. The van der Waals surface area contributed by atoms with Crippen LogP contribution >= 0.6 is 34.8 Å². The summed E-state index contributed by atoms with van der Waals surface area (Å²) in [4.78, 5) is 12.2. The summed E-state index contributed by atoms with van der Waals surface area (Å²) in [6.45, 7) is 4.33. The first-order valence-electron chi connectivity index (χ1n) is 7.61. The number of halogens is 3. The van der Waals surface area contributed by atoms with Crippen molar-refractivity contribution in [2.45, 2.75) is 19.9 Å². The fourth-order valence-corrected chi connectivity index (χ4v) is 3.03. The lowest BCUT2D eigenvalue weighted by Gasteiger charge is -2.23. The highest BCUT2D eigenvalue weighted by molar-refractivity contribution is 6.39. The number of hydrogen-bond donors (Lipinski definition) is 2. The molecule has 2 rings (SSSR count). The van der Waals surface area contributed by atoms with Crippen molar-refractivity contribution in [1.29, 1.82) is 0 Å². The molecule has 6 heteroatoms. The molecule has 2 N–H and O–H groups in total. The fraction of sp³-hybridized carbons (Fsp3) is 0.278. The molecule has 128 valence electrons. The number of amides is 1. The van der Waals surface area contributed by atoms with E-state index in [1.165, 1.54) is 0 Å². The largest absolute Gasteiger partial charge is 0.322 e. The molecule has 0 saturated heterocycles. The summed E-state index contributed by atoms with van der Waals surface area (Å²) in [6.07, 6.45) is 0. The van der Waals surface area contributed by atoms with Crippen LogP contribution in [0.4, 0.5) is 5.69 Å². The third kappa shape index (κ3) is 5.12. The zero-order valence-electron chi connectivity index (χ0n) is 13.4. The van der Waals surface area contributed by atoms with E-state index < -0.39 is 0 Å². The summed E-state index contributed by atoms with van der Waals surface area (Å²) < 4.78 is 0. The SMILES string of the molecule is CC(C)C(NCC(=O)Nc1c(Cl)cccc1Cl)c1ccc(Cl)cc1. The van der Waals surface area contributed by atoms with E-state index in [0.717, 1.165) is 5.56 Å². The summed E-state index contributed by atoms with van der Waals surface area (Å²) in [7, 11) is 0. The number of nitrogens with one attached hydrogen (secondary N) is 2. The summed E-state index contributed by atoms with van der Waals surface area (Å²) in [5.74, 6) is 0.104. The first kappa shape index (κ1) is 19.1. The van der Waals surface area contributed by atoms with Crippen LogP contribution in [0.5, 0.6) is 0 Å². The number of benzene rings is 2. The quantitative estimate of drug-likeness (QED) is 0.682. The molecule has 2 aromatic carbocycles. The minimum absolute atomic E-state index is 0.0368. The maximum absolute atomic E-state index is 12.2. The summed E-state index contributed by atoms with van der Waals surface area (Å²) >= 11 is 18.1. The lowest BCUT2D eigenvalue weighted by Crippen LogP contribution is -2.33. The monoisotopic (exact) mass is 384 g/mol.